The summed E-state index contributed by atoms with van der Waals surface area (Å²) in [6.45, 7) is 7.58. The number of para-hydroxylation sites is 1. The molecule has 0 spiro atoms. The fourth-order valence-electron chi connectivity index (χ4n) is 2.84. The summed E-state index contributed by atoms with van der Waals surface area (Å²) in [5, 5.41) is 2.96. The van der Waals surface area contributed by atoms with Crippen molar-refractivity contribution in [2.24, 2.45) is 0 Å². The van der Waals surface area contributed by atoms with Crippen LogP contribution in [0.15, 0.2) is 24.3 Å². The van der Waals surface area contributed by atoms with Crippen molar-refractivity contribution in [1.29, 1.82) is 0 Å². The van der Waals surface area contributed by atoms with Crippen molar-refractivity contribution in [2.75, 3.05) is 32.9 Å². The van der Waals surface area contributed by atoms with Gasteiger partial charge in [0.1, 0.15) is 0 Å². The normalized spacial score (nSPS) is 19.7. The molecule has 1 aliphatic rings. The molecule has 1 N–H and O–H groups in total. The van der Waals surface area contributed by atoms with Crippen molar-refractivity contribution in [3.8, 4) is 5.75 Å². The first-order valence-electron chi connectivity index (χ1n) is 8.55. The summed E-state index contributed by atoms with van der Waals surface area (Å²) in [6, 6.07) is 6.93. The number of nitrogens with zero attached hydrogens (tertiary/aromatic N) is 1. The van der Waals surface area contributed by atoms with E-state index in [1.54, 1.807) is 18.2 Å². The van der Waals surface area contributed by atoms with E-state index < -0.39 is 0 Å². The Kier molecular flexibility index (Phi) is 7.46. The minimum absolute atomic E-state index is 0.0000962. The number of amides is 1. The van der Waals surface area contributed by atoms with E-state index in [0.717, 1.165) is 19.8 Å². The van der Waals surface area contributed by atoms with Gasteiger partial charge < -0.3 is 14.8 Å². The Morgan fingerprint density at radius 3 is 3.04 bits per heavy atom. The van der Waals surface area contributed by atoms with Crippen LogP contribution in [-0.2, 0) is 9.53 Å². The molecule has 134 valence electrons. The molecule has 1 aliphatic heterocycles. The molecular formula is C18H27FN2O3. The number of carbonyl (C=O) groups excluding carboxylic acids is 1. The lowest BCUT2D eigenvalue weighted by Crippen LogP contribution is -2.51. The third-order valence-corrected chi connectivity index (χ3v) is 4.22. The van der Waals surface area contributed by atoms with E-state index in [4.69, 9.17) is 9.47 Å². The molecule has 2 unspecified atom stereocenters. The lowest BCUT2D eigenvalue weighted by atomic mass is 10.2. The van der Waals surface area contributed by atoms with Gasteiger partial charge in [-0.2, -0.15) is 0 Å². The average molecular weight is 338 g/mol. The lowest BCUT2D eigenvalue weighted by molar-refractivity contribution is -0.121. The van der Waals surface area contributed by atoms with Crippen LogP contribution in [0.25, 0.3) is 0 Å². The summed E-state index contributed by atoms with van der Waals surface area (Å²) in [5.74, 6) is -0.150. The Hall–Kier alpha value is -1.66. The maximum absolute atomic E-state index is 13.4. The molecule has 1 heterocycles. The highest BCUT2D eigenvalue weighted by Crippen LogP contribution is 2.15. The predicted octanol–water partition coefficient (Wildman–Crippen LogP) is 2.21. The minimum Gasteiger partial charge on any atom is -0.491 e. The smallest absolute Gasteiger partial charge is 0.220 e. The van der Waals surface area contributed by atoms with Gasteiger partial charge in [0.15, 0.2) is 11.6 Å². The Morgan fingerprint density at radius 2 is 2.29 bits per heavy atom. The van der Waals surface area contributed by atoms with Crippen molar-refractivity contribution < 1.29 is 18.7 Å². The van der Waals surface area contributed by atoms with Gasteiger partial charge in [0, 0.05) is 31.6 Å². The van der Waals surface area contributed by atoms with Crippen LogP contribution >= 0.6 is 0 Å². The molecule has 2 atom stereocenters. The van der Waals surface area contributed by atoms with Crippen LogP contribution in [0.2, 0.25) is 0 Å². The maximum atomic E-state index is 13.4. The van der Waals surface area contributed by atoms with Gasteiger partial charge >= 0.3 is 0 Å². The number of nitrogens with one attached hydrogen (secondary N) is 1. The molecule has 2 rings (SSSR count). The van der Waals surface area contributed by atoms with Gasteiger partial charge in [0.25, 0.3) is 0 Å². The third-order valence-electron chi connectivity index (χ3n) is 4.22. The van der Waals surface area contributed by atoms with Gasteiger partial charge in [-0.3, -0.25) is 9.69 Å². The minimum atomic E-state index is -0.379. The van der Waals surface area contributed by atoms with Crippen LogP contribution in [0.3, 0.4) is 0 Å². The molecule has 6 heteroatoms. The number of carbonyl (C=O) groups is 1. The van der Waals surface area contributed by atoms with Crippen molar-refractivity contribution in [1.82, 2.24) is 10.2 Å². The molecule has 0 aliphatic carbocycles. The highest BCUT2D eigenvalue weighted by atomic mass is 19.1. The Morgan fingerprint density at radius 1 is 1.50 bits per heavy atom. The van der Waals surface area contributed by atoms with Crippen LogP contribution in [0.5, 0.6) is 5.75 Å². The monoisotopic (exact) mass is 338 g/mol. The summed E-state index contributed by atoms with van der Waals surface area (Å²) in [6.07, 6.45) is 0.933. The second kappa shape index (κ2) is 9.59. The first-order chi connectivity index (χ1) is 11.6. The molecule has 1 saturated heterocycles. The second-order valence-corrected chi connectivity index (χ2v) is 6.20. The number of morpholine rings is 1. The standard InChI is InChI=1S/C18H27FN2O3/c1-14(21-9-11-23-13-15(21)2)12-20-18(22)8-5-10-24-17-7-4-3-6-16(17)19/h3-4,6-7,14-15H,5,8-13H2,1-2H3,(H,20,22). The molecule has 0 bridgehead atoms. The highest BCUT2D eigenvalue weighted by Gasteiger charge is 2.23. The van der Waals surface area contributed by atoms with Gasteiger partial charge in [-0.1, -0.05) is 12.1 Å². The van der Waals surface area contributed by atoms with Gasteiger partial charge in [-0.05, 0) is 32.4 Å². The SMILES string of the molecule is CC(CNC(=O)CCCOc1ccccc1F)N1CCOCC1C. The van der Waals surface area contributed by atoms with Gasteiger partial charge in [0.2, 0.25) is 5.91 Å². The molecule has 0 radical (unpaired) electrons. The number of benzene rings is 1. The number of ether oxygens (including phenoxy) is 2. The summed E-state index contributed by atoms with van der Waals surface area (Å²) in [5.41, 5.74) is 0. The summed E-state index contributed by atoms with van der Waals surface area (Å²) in [4.78, 5) is 14.3. The lowest BCUT2D eigenvalue weighted by Gasteiger charge is -2.37. The van der Waals surface area contributed by atoms with E-state index in [0.29, 0.717) is 32.0 Å². The number of hydrogen-bond acceptors (Lipinski definition) is 4. The quantitative estimate of drug-likeness (QED) is 0.739. The van der Waals surface area contributed by atoms with Crippen molar-refractivity contribution in [2.45, 2.75) is 38.8 Å². The van der Waals surface area contributed by atoms with E-state index in [-0.39, 0.29) is 23.5 Å². The molecule has 5 nitrogen and oxygen atoms in total. The predicted molar refractivity (Wildman–Crippen MR) is 90.6 cm³/mol. The summed E-state index contributed by atoms with van der Waals surface area (Å²) < 4.78 is 24.1. The van der Waals surface area contributed by atoms with E-state index in [9.17, 15) is 9.18 Å². The van der Waals surface area contributed by atoms with Gasteiger partial charge in [0.05, 0.1) is 19.8 Å². The molecule has 0 saturated carbocycles. The number of hydrogen-bond donors (Lipinski definition) is 1. The number of rotatable bonds is 8. The first-order valence-corrected chi connectivity index (χ1v) is 8.55. The second-order valence-electron chi connectivity index (χ2n) is 6.20. The number of halogens is 1. The summed E-state index contributed by atoms with van der Waals surface area (Å²) in [7, 11) is 0. The molecule has 1 aromatic rings. The van der Waals surface area contributed by atoms with Gasteiger partial charge in [-0.15, -0.1) is 0 Å². The Labute approximate surface area is 143 Å². The van der Waals surface area contributed by atoms with E-state index in [1.165, 1.54) is 6.07 Å². The zero-order valence-corrected chi connectivity index (χ0v) is 14.5. The largest absolute Gasteiger partial charge is 0.491 e. The topological polar surface area (TPSA) is 50.8 Å². The van der Waals surface area contributed by atoms with E-state index in [2.05, 4.69) is 24.1 Å². The van der Waals surface area contributed by atoms with E-state index >= 15 is 0 Å². The van der Waals surface area contributed by atoms with Crippen LogP contribution < -0.4 is 10.1 Å². The highest BCUT2D eigenvalue weighted by molar-refractivity contribution is 5.75. The zero-order valence-electron chi connectivity index (χ0n) is 14.5. The fourth-order valence-corrected chi connectivity index (χ4v) is 2.84. The first kappa shape index (κ1) is 18.7. The van der Waals surface area contributed by atoms with Crippen molar-refractivity contribution in [3.05, 3.63) is 30.1 Å². The van der Waals surface area contributed by atoms with Crippen molar-refractivity contribution in [3.63, 3.8) is 0 Å². The fraction of sp³-hybridized carbons (Fsp3) is 0.611. The van der Waals surface area contributed by atoms with E-state index in [1.807, 2.05) is 0 Å². The summed E-state index contributed by atoms with van der Waals surface area (Å²) >= 11 is 0. The third kappa shape index (κ3) is 5.76. The average Bonchev–Trinajstić information content (AvgIpc) is 2.58. The van der Waals surface area contributed by atoms with Crippen LogP contribution in [-0.4, -0.2) is 55.8 Å². The van der Waals surface area contributed by atoms with Crippen LogP contribution in [0, 0.1) is 5.82 Å². The van der Waals surface area contributed by atoms with Crippen molar-refractivity contribution >= 4 is 5.91 Å². The molecular weight excluding hydrogens is 311 g/mol. The maximum Gasteiger partial charge on any atom is 0.220 e. The van der Waals surface area contributed by atoms with Crippen LogP contribution in [0.4, 0.5) is 4.39 Å². The molecule has 1 aromatic carbocycles. The molecule has 1 amide bonds. The molecule has 1 fully saturated rings. The van der Waals surface area contributed by atoms with Crippen LogP contribution in [0.1, 0.15) is 26.7 Å². The molecule has 0 aromatic heterocycles. The zero-order chi connectivity index (χ0) is 17.4. The Bertz CT molecular complexity index is 527. The Balaban J connectivity index is 1.60. The van der Waals surface area contributed by atoms with Gasteiger partial charge in [-0.25, -0.2) is 4.39 Å². The molecule has 24 heavy (non-hydrogen) atoms.